The van der Waals surface area contributed by atoms with Gasteiger partial charge in [0.15, 0.2) is 0 Å². The van der Waals surface area contributed by atoms with Gasteiger partial charge in [0.1, 0.15) is 5.75 Å². The van der Waals surface area contributed by atoms with Crippen LogP contribution in [0.5, 0.6) is 5.75 Å². The number of likely N-dealkylation sites (tertiary alicyclic amines) is 1. The molecule has 2 heterocycles. The van der Waals surface area contributed by atoms with Crippen LogP contribution < -0.4 is 0 Å². The van der Waals surface area contributed by atoms with Crippen molar-refractivity contribution in [3.63, 3.8) is 0 Å². The number of aliphatic hydroxyl groups is 1. The van der Waals surface area contributed by atoms with E-state index >= 15 is 0 Å². The summed E-state index contributed by atoms with van der Waals surface area (Å²) >= 11 is 0. The van der Waals surface area contributed by atoms with Gasteiger partial charge in [-0.05, 0) is 86.7 Å². The molecule has 4 aliphatic carbocycles. The Bertz CT molecular complexity index is 1080. The Morgan fingerprint density at radius 3 is 2.72 bits per heavy atom. The zero-order valence-electron chi connectivity index (χ0n) is 19.2. The molecule has 170 valence electrons. The summed E-state index contributed by atoms with van der Waals surface area (Å²) in [6.07, 6.45) is 11.1. The lowest BCUT2D eigenvalue weighted by molar-refractivity contribution is -0.152. The van der Waals surface area contributed by atoms with Gasteiger partial charge in [-0.3, -0.25) is 9.58 Å². The van der Waals surface area contributed by atoms with Gasteiger partial charge in [0.2, 0.25) is 0 Å². The van der Waals surface area contributed by atoms with Gasteiger partial charge in [-0.2, -0.15) is 5.10 Å². The SMILES string of the molecule is Cc1nn(C2CCCC2)c2c1C[C@@]1(O)[C@H]3Cc4ccc(O)cc4[C@@]1(CCN3CC1CC1)C2. The molecule has 1 aliphatic heterocycles. The van der Waals surface area contributed by atoms with Crippen molar-refractivity contribution in [2.75, 3.05) is 13.1 Å². The van der Waals surface area contributed by atoms with Gasteiger partial charge < -0.3 is 10.2 Å². The van der Waals surface area contributed by atoms with Crippen molar-refractivity contribution in [3.8, 4) is 5.75 Å². The first-order chi connectivity index (χ1) is 15.5. The van der Waals surface area contributed by atoms with Crippen molar-refractivity contribution in [2.24, 2.45) is 5.92 Å². The molecule has 2 saturated carbocycles. The van der Waals surface area contributed by atoms with Gasteiger partial charge in [-0.1, -0.05) is 18.9 Å². The van der Waals surface area contributed by atoms with Crippen molar-refractivity contribution in [3.05, 3.63) is 46.3 Å². The predicted octanol–water partition coefficient (Wildman–Crippen LogP) is 3.82. The molecule has 1 aromatic carbocycles. The van der Waals surface area contributed by atoms with Gasteiger partial charge in [-0.25, -0.2) is 0 Å². The van der Waals surface area contributed by atoms with Gasteiger partial charge in [0.05, 0.1) is 17.3 Å². The average molecular weight is 434 g/mol. The van der Waals surface area contributed by atoms with Crippen LogP contribution in [0.25, 0.3) is 0 Å². The zero-order chi connectivity index (χ0) is 21.7. The number of hydrogen-bond donors (Lipinski definition) is 2. The van der Waals surface area contributed by atoms with Gasteiger partial charge >= 0.3 is 0 Å². The molecule has 5 aliphatic rings. The van der Waals surface area contributed by atoms with Gasteiger partial charge in [0, 0.05) is 36.5 Å². The number of rotatable bonds is 3. The molecule has 0 spiro atoms. The molecular weight excluding hydrogens is 398 g/mol. The fraction of sp³-hybridized carbons (Fsp3) is 0.667. The van der Waals surface area contributed by atoms with E-state index < -0.39 is 5.60 Å². The minimum Gasteiger partial charge on any atom is -0.508 e. The lowest BCUT2D eigenvalue weighted by Crippen LogP contribution is -2.74. The Kier molecular flexibility index (Phi) is 4.04. The standard InChI is InChI=1S/C27H35N3O2/c1-17-22-14-27(32)25-12-19-8-9-21(31)13-23(19)26(27,10-11-29(25)16-18-6-7-18)15-24(22)30(28-17)20-4-2-3-5-20/h8-9,13,18,20,25,31-32H,2-7,10-12,14-16H2,1H3/t25-,26-,27-/m1/s1. The minimum absolute atomic E-state index is 0.149. The van der Waals surface area contributed by atoms with Crippen LogP contribution in [0.1, 0.15) is 79.1 Å². The summed E-state index contributed by atoms with van der Waals surface area (Å²) in [5, 5.41) is 28.2. The van der Waals surface area contributed by atoms with Crippen molar-refractivity contribution < 1.29 is 10.2 Å². The van der Waals surface area contributed by atoms with E-state index in [-0.39, 0.29) is 11.5 Å². The molecule has 2 N–H and O–H groups in total. The molecule has 3 atom stereocenters. The quantitative estimate of drug-likeness (QED) is 0.773. The number of hydrogen-bond acceptors (Lipinski definition) is 4. The Morgan fingerprint density at radius 2 is 1.94 bits per heavy atom. The maximum Gasteiger partial charge on any atom is 0.115 e. The topological polar surface area (TPSA) is 61.5 Å². The lowest BCUT2D eigenvalue weighted by Gasteiger charge is -2.63. The molecule has 32 heavy (non-hydrogen) atoms. The van der Waals surface area contributed by atoms with E-state index in [9.17, 15) is 10.2 Å². The first-order valence-corrected chi connectivity index (χ1v) is 12.8. The second kappa shape index (κ2) is 6.60. The lowest BCUT2D eigenvalue weighted by atomic mass is 9.49. The first-order valence-electron chi connectivity index (χ1n) is 12.8. The van der Waals surface area contributed by atoms with E-state index in [1.165, 1.54) is 60.9 Å². The van der Waals surface area contributed by atoms with Crippen LogP contribution in [0.15, 0.2) is 18.2 Å². The van der Waals surface area contributed by atoms with Crippen molar-refractivity contribution in [2.45, 2.75) is 94.2 Å². The van der Waals surface area contributed by atoms with E-state index in [1.807, 2.05) is 12.1 Å². The molecule has 0 amide bonds. The predicted molar refractivity (Wildman–Crippen MR) is 123 cm³/mol. The summed E-state index contributed by atoms with van der Waals surface area (Å²) in [7, 11) is 0. The molecule has 0 unspecified atom stereocenters. The van der Waals surface area contributed by atoms with Crippen LogP contribution in [0.2, 0.25) is 0 Å². The Balaban J connectivity index is 1.40. The number of benzene rings is 1. The number of aryl methyl sites for hydroxylation is 1. The number of fused-ring (bicyclic) bond motifs is 2. The van der Waals surface area contributed by atoms with Crippen LogP contribution in [0.4, 0.5) is 0 Å². The Labute approximate surface area is 190 Å². The maximum atomic E-state index is 12.7. The molecule has 1 saturated heterocycles. The highest BCUT2D eigenvalue weighted by molar-refractivity contribution is 5.52. The zero-order valence-corrected chi connectivity index (χ0v) is 19.2. The fourth-order valence-corrected chi connectivity index (χ4v) is 7.92. The van der Waals surface area contributed by atoms with E-state index in [4.69, 9.17) is 5.10 Å². The van der Waals surface area contributed by atoms with E-state index in [1.54, 1.807) is 0 Å². The number of aromatic nitrogens is 2. The molecule has 0 radical (unpaired) electrons. The van der Waals surface area contributed by atoms with Crippen molar-refractivity contribution in [1.82, 2.24) is 14.7 Å². The Morgan fingerprint density at radius 1 is 1.12 bits per heavy atom. The minimum atomic E-state index is -0.803. The summed E-state index contributed by atoms with van der Waals surface area (Å²) < 4.78 is 2.36. The third-order valence-electron chi connectivity index (χ3n) is 9.76. The highest BCUT2D eigenvalue weighted by Gasteiger charge is 2.65. The summed E-state index contributed by atoms with van der Waals surface area (Å²) in [5.41, 5.74) is 5.17. The van der Waals surface area contributed by atoms with E-state index in [0.29, 0.717) is 18.2 Å². The van der Waals surface area contributed by atoms with Crippen molar-refractivity contribution >= 4 is 0 Å². The molecule has 2 aromatic rings. The number of phenolic OH excluding ortho intramolecular Hbond substituents is 1. The smallest absolute Gasteiger partial charge is 0.115 e. The molecule has 2 bridgehead atoms. The summed E-state index contributed by atoms with van der Waals surface area (Å²) in [6.45, 7) is 4.32. The van der Waals surface area contributed by atoms with Crippen LogP contribution in [-0.2, 0) is 24.7 Å². The average Bonchev–Trinajstić information content (AvgIpc) is 3.31. The van der Waals surface area contributed by atoms with E-state index in [2.05, 4.69) is 22.6 Å². The van der Waals surface area contributed by atoms with Crippen LogP contribution in [0, 0.1) is 12.8 Å². The normalized spacial score (nSPS) is 34.2. The molecule has 1 aromatic heterocycles. The fourth-order valence-electron chi connectivity index (χ4n) is 7.92. The Hall–Kier alpha value is -1.85. The number of nitrogens with zero attached hydrogens (tertiary/aromatic N) is 3. The molecule has 5 nitrogen and oxygen atoms in total. The molecule has 3 fully saturated rings. The van der Waals surface area contributed by atoms with Crippen LogP contribution in [0.3, 0.4) is 0 Å². The molecular formula is C27H35N3O2. The van der Waals surface area contributed by atoms with E-state index in [0.717, 1.165) is 44.0 Å². The van der Waals surface area contributed by atoms with Crippen LogP contribution >= 0.6 is 0 Å². The second-order valence-electron chi connectivity index (χ2n) is 11.5. The highest BCUT2D eigenvalue weighted by Crippen LogP contribution is 2.58. The summed E-state index contributed by atoms with van der Waals surface area (Å²) in [4.78, 5) is 2.62. The summed E-state index contributed by atoms with van der Waals surface area (Å²) in [5.74, 6) is 1.14. The number of aromatic hydroxyl groups is 1. The molecule has 5 heteroatoms. The first kappa shape index (κ1) is 19.6. The maximum absolute atomic E-state index is 12.7. The van der Waals surface area contributed by atoms with Gasteiger partial charge in [-0.15, -0.1) is 0 Å². The van der Waals surface area contributed by atoms with Gasteiger partial charge in [0.25, 0.3) is 0 Å². The molecule has 7 rings (SSSR count). The monoisotopic (exact) mass is 433 g/mol. The highest BCUT2D eigenvalue weighted by atomic mass is 16.3. The second-order valence-corrected chi connectivity index (χ2v) is 11.5. The number of piperidine rings is 1. The third-order valence-corrected chi connectivity index (χ3v) is 9.76. The number of phenols is 1. The van der Waals surface area contributed by atoms with Crippen LogP contribution in [-0.4, -0.2) is 49.6 Å². The third kappa shape index (κ3) is 2.55. The van der Waals surface area contributed by atoms with Crippen molar-refractivity contribution in [1.29, 1.82) is 0 Å². The largest absolute Gasteiger partial charge is 0.508 e. The summed E-state index contributed by atoms with van der Waals surface area (Å²) in [6, 6.07) is 6.59.